The summed E-state index contributed by atoms with van der Waals surface area (Å²) in [7, 11) is -3.22. The lowest BCUT2D eigenvalue weighted by Gasteiger charge is -2.32. The van der Waals surface area contributed by atoms with Gasteiger partial charge in [0.05, 0.1) is 10.5 Å². The summed E-state index contributed by atoms with van der Waals surface area (Å²) >= 11 is 0. The molecule has 0 saturated carbocycles. The molecule has 0 spiro atoms. The molecular weight excluding hydrogens is 410 g/mol. The van der Waals surface area contributed by atoms with E-state index in [0.717, 1.165) is 24.1 Å². The van der Waals surface area contributed by atoms with Gasteiger partial charge < -0.3 is 10.1 Å². The fraction of sp³-hybridized carbons (Fsp3) is 0.240. The summed E-state index contributed by atoms with van der Waals surface area (Å²) in [6.07, 6.45) is 1.89. The van der Waals surface area contributed by atoms with Gasteiger partial charge in [-0.3, -0.25) is 0 Å². The first-order chi connectivity index (χ1) is 14.9. The molecule has 2 unspecified atom stereocenters. The highest BCUT2D eigenvalue weighted by molar-refractivity contribution is 7.90. The van der Waals surface area contributed by atoms with Crippen molar-refractivity contribution < 1.29 is 17.9 Å². The van der Waals surface area contributed by atoms with Crippen molar-refractivity contribution >= 4 is 15.8 Å². The minimum atomic E-state index is -3.22. The summed E-state index contributed by atoms with van der Waals surface area (Å²) in [5.41, 5.74) is 3.47. The summed E-state index contributed by atoms with van der Waals surface area (Å²) in [5.74, 6) is -0.160. The highest BCUT2D eigenvalue weighted by Crippen LogP contribution is 2.28. The van der Waals surface area contributed by atoms with Crippen LogP contribution in [0.2, 0.25) is 0 Å². The number of rotatable bonds is 5. The molecule has 0 amide bonds. The molecule has 1 saturated heterocycles. The number of sulfone groups is 1. The Morgan fingerprint density at radius 3 is 2.13 bits per heavy atom. The zero-order valence-corrected chi connectivity index (χ0v) is 18.1. The third kappa shape index (κ3) is 5.03. The van der Waals surface area contributed by atoms with E-state index >= 15 is 0 Å². The molecule has 0 aromatic heterocycles. The Hall–Kier alpha value is -2.96. The second-order valence-electron chi connectivity index (χ2n) is 7.83. The van der Waals surface area contributed by atoms with Crippen LogP contribution < -0.4 is 5.32 Å². The Morgan fingerprint density at radius 1 is 0.903 bits per heavy atom. The van der Waals surface area contributed by atoms with E-state index in [4.69, 9.17) is 4.74 Å². The van der Waals surface area contributed by atoms with E-state index in [9.17, 15) is 13.2 Å². The predicted octanol–water partition coefficient (Wildman–Crippen LogP) is 4.06. The fourth-order valence-corrected chi connectivity index (χ4v) is 4.56. The zero-order valence-electron chi connectivity index (χ0n) is 17.3. The van der Waals surface area contributed by atoms with Crippen LogP contribution in [0.4, 0.5) is 0 Å². The van der Waals surface area contributed by atoms with Crippen molar-refractivity contribution in [1.29, 1.82) is 0 Å². The van der Waals surface area contributed by atoms with Crippen LogP contribution in [0, 0.1) is 0 Å². The van der Waals surface area contributed by atoms with E-state index in [1.165, 1.54) is 11.8 Å². The lowest BCUT2D eigenvalue weighted by atomic mass is 9.88. The smallest absolute Gasteiger partial charge is 0.338 e. The first-order valence-electron chi connectivity index (χ1n) is 10.3. The number of benzene rings is 3. The summed E-state index contributed by atoms with van der Waals surface area (Å²) in [5, 5.41) is 3.32. The van der Waals surface area contributed by atoms with Crippen molar-refractivity contribution in [2.45, 2.75) is 23.3 Å². The summed E-state index contributed by atoms with van der Waals surface area (Å²) < 4.78 is 29.1. The average molecular weight is 436 g/mol. The third-order valence-corrected chi connectivity index (χ3v) is 6.78. The van der Waals surface area contributed by atoms with Crippen LogP contribution in [0.5, 0.6) is 0 Å². The van der Waals surface area contributed by atoms with E-state index in [-0.39, 0.29) is 22.9 Å². The largest absolute Gasteiger partial charge is 0.457 e. The Kier molecular flexibility index (Phi) is 6.20. The number of carbonyl (C=O) groups is 1. The number of carbonyl (C=O) groups excluding carboxylic acids is 1. The van der Waals surface area contributed by atoms with E-state index in [2.05, 4.69) is 17.4 Å². The van der Waals surface area contributed by atoms with E-state index < -0.39 is 9.84 Å². The topological polar surface area (TPSA) is 72.5 Å². The van der Waals surface area contributed by atoms with Crippen molar-refractivity contribution in [3.63, 3.8) is 0 Å². The summed E-state index contributed by atoms with van der Waals surface area (Å²) in [6, 6.07) is 24.1. The van der Waals surface area contributed by atoms with Crippen LogP contribution in [-0.2, 0) is 14.6 Å². The molecule has 31 heavy (non-hydrogen) atoms. The van der Waals surface area contributed by atoms with E-state index in [0.29, 0.717) is 12.1 Å². The van der Waals surface area contributed by atoms with Crippen LogP contribution in [0.1, 0.15) is 28.3 Å². The monoisotopic (exact) mass is 435 g/mol. The van der Waals surface area contributed by atoms with Gasteiger partial charge in [0.25, 0.3) is 0 Å². The molecule has 4 rings (SSSR count). The second-order valence-corrected chi connectivity index (χ2v) is 9.84. The van der Waals surface area contributed by atoms with Crippen LogP contribution in [0.3, 0.4) is 0 Å². The maximum atomic E-state index is 12.8. The molecule has 5 nitrogen and oxygen atoms in total. The van der Waals surface area contributed by atoms with Gasteiger partial charge in [-0.1, -0.05) is 54.6 Å². The average Bonchev–Trinajstić information content (AvgIpc) is 2.80. The fourth-order valence-electron chi connectivity index (χ4n) is 3.93. The Balaban J connectivity index is 1.47. The van der Waals surface area contributed by atoms with Gasteiger partial charge in [0.15, 0.2) is 9.84 Å². The van der Waals surface area contributed by atoms with Crippen LogP contribution in [0.25, 0.3) is 11.1 Å². The minimum absolute atomic E-state index is 0.180. The lowest BCUT2D eigenvalue weighted by molar-refractivity contribution is 0.0182. The van der Waals surface area contributed by atoms with Crippen LogP contribution in [0.15, 0.2) is 83.8 Å². The zero-order chi connectivity index (χ0) is 21.8. The molecule has 1 N–H and O–H groups in total. The SMILES string of the molecule is CS(=O)(=O)c1ccc(-c2ccc(C(=O)OC3CNCCC3c3ccccc3)cc2)cc1. The second kappa shape index (κ2) is 9.04. The van der Waals surface area contributed by atoms with Crippen LogP contribution in [-0.4, -0.2) is 39.8 Å². The number of ether oxygens (including phenoxy) is 1. The molecule has 2 atom stereocenters. The number of nitrogens with one attached hydrogen (secondary N) is 1. The molecule has 3 aromatic rings. The van der Waals surface area contributed by atoms with Crippen LogP contribution >= 0.6 is 0 Å². The normalized spacial score (nSPS) is 19.0. The van der Waals surface area contributed by atoms with E-state index in [1.54, 1.807) is 36.4 Å². The highest BCUT2D eigenvalue weighted by Gasteiger charge is 2.29. The molecule has 1 heterocycles. The van der Waals surface area contributed by atoms with E-state index in [1.807, 2.05) is 30.3 Å². The van der Waals surface area contributed by atoms with Crippen molar-refractivity contribution in [2.75, 3.05) is 19.3 Å². The molecule has 0 aliphatic carbocycles. The molecule has 6 heteroatoms. The molecule has 3 aromatic carbocycles. The molecule has 1 aliphatic heterocycles. The summed E-state index contributed by atoms with van der Waals surface area (Å²) in [6.45, 7) is 1.54. The molecule has 1 aliphatic rings. The number of esters is 1. The van der Waals surface area contributed by atoms with Gasteiger partial charge in [0.1, 0.15) is 6.10 Å². The molecule has 0 bridgehead atoms. The van der Waals surface area contributed by atoms with Gasteiger partial charge in [0.2, 0.25) is 0 Å². The first kappa shape index (κ1) is 21.3. The standard InChI is InChI=1S/C25H25NO4S/c1-31(28,29)22-13-11-19(12-14-22)18-7-9-21(10-8-18)25(27)30-24-17-26-16-15-23(24)20-5-3-2-4-6-20/h2-14,23-24,26H,15-17H2,1H3. The Bertz CT molecular complexity index is 1140. The van der Waals surface area contributed by atoms with Gasteiger partial charge in [-0.25, -0.2) is 13.2 Å². The summed E-state index contributed by atoms with van der Waals surface area (Å²) in [4.78, 5) is 13.1. The Labute approximate surface area is 183 Å². The van der Waals surface area contributed by atoms with Gasteiger partial charge >= 0.3 is 5.97 Å². The number of piperidine rings is 1. The van der Waals surface area contributed by atoms with Gasteiger partial charge in [-0.15, -0.1) is 0 Å². The molecular formula is C25H25NO4S. The Morgan fingerprint density at radius 2 is 1.52 bits per heavy atom. The van der Waals surface area contributed by atoms with Crippen molar-refractivity contribution in [2.24, 2.45) is 0 Å². The van der Waals surface area contributed by atoms with Gasteiger partial charge in [0, 0.05) is 18.7 Å². The van der Waals surface area contributed by atoms with Gasteiger partial charge in [-0.05, 0) is 53.9 Å². The van der Waals surface area contributed by atoms with Gasteiger partial charge in [-0.2, -0.15) is 0 Å². The van der Waals surface area contributed by atoms with Crippen molar-refractivity contribution in [3.05, 3.63) is 90.0 Å². The number of hydrogen-bond donors (Lipinski definition) is 1. The first-order valence-corrected chi connectivity index (χ1v) is 12.2. The lowest BCUT2D eigenvalue weighted by Crippen LogP contribution is -2.42. The third-order valence-electron chi connectivity index (χ3n) is 5.65. The van der Waals surface area contributed by atoms with Crippen molar-refractivity contribution in [3.8, 4) is 11.1 Å². The highest BCUT2D eigenvalue weighted by atomic mass is 32.2. The maximum Gasteiger partial charge on any atom is 0.338 e. The number of hydrogen-bond acceptors (Lipinski definition) is 5. The van der Waals surface area contributed by atoms with Crippen molar-refractivity contribution in [1.82, 2.24) is 5.32 Å². The maximum absolute atomic E-state index is 12.8. The quantitative estimate of drug-likeness (QED) is 0.612. The predicted molar refractivity (Wildman–Crippen MR) is 121 cm³/mol. The molecule has 160 valence electrons. The molecule has 1 fully saturated rings. The minimum Gasteiger partial charge on any atom is -0.457 e. The molecule has 0 radical (unpaired) electrons.